The highest BCUT2D eigenvalue weighted by atomic mass is 16.5. The van der Waals surface area contributed by atoms with Crippen molar-refractivity contribution in [3.8, 4) is 0 Å². The zero-order valence-corrected chi connectivity index (χ0v) is 15.1. The Morgan fingerprint density at radius 2 is 2.11 bits per heavy atom. The van der Waals surface area contributed by atoms with Gasteiger partial charge in [-0.3, -0.25) is 0 Å². The molecule has 2 atom stereocenters. The summed E-state index contributed by atoms with van der Waals surface area (Å²) in [6.07, 6.45) is 6.26. The maximum Gasteiger partial charge on any atom is 0.358 e. The van der Waals surface area contributed by atoms with Crippen LogP contribution in [0.5, 0.6) is 0 Å². The van der Waals surface area contributed by atoms with Crippen molar-refractivity contribution >= 4 is 17.4 Å². The third kappa shape index (κ3) is 3.22. The molecule has 1 aliphatic rings. The molecule has 0 saturated carbocycles. The van der Waals surface area contributed by atoms with Crippen molar-refractivity contribution < 1.29 is 14.3 Å². The van der Waals surface area contributed by atoms with Crippen LogP contribution in [0.4, 0.5) is 5.82 Å². The van der Waals surface area contributed by atoms with E-state index in [1.54, 1.807) is 0 Å². The second-order valence-electron chi connectivity index (χ2n) is 6.38. The van der Waals surface area contributed by atoms with Crippen molar-refractivity contribution in [2.45, 2.75) is 19.2 Å². The predicted molar refractivity (Wildman–Crippen MR) is 97.3 cm³/mol. The van der Waals surface area contributed by atoms with Gasteiger partial charge in [-0.05, 0) is 18.6 Å². The SMILES string of the molecule is COC(=O)c1cnc(N2CC(c3ccc4ncc(C)n4c3)OCC2N)cn1. The van der Waals surface area contributed by atoms with Crippen molar-refractivity contribution in [2.75, 3.05) is 25.2 Å². The van der Waals surface area contributed by atoms with E-state index in [0.717, 1.165) is 16.9 Å². The van der Waals surface area contributed by atoms with Gasteiger partial charge in [0.1, 0.15) is 23.7 Å². The van der Waals surface area contributed by atoms with E-state index in [1.165, 1.54) is 19.5 Å². The number of aryl methyl sites for hydroxylation is 1. The molecule has 0 amide bonds. The van der Waals surface area contributed by atoms with E-state index in [4.69, 9.17) is 10.5 Å². The Hall–Kier alpha value is -3.04. The number of pyridine rings is 1. The molecule has 2 N–H and O–H groups in total. The molecular formula is C18H20N6O3. The highest BCUT2D eigenvalue weighted by Gasteiger charge is 2.29. The van der Waals surface area contributed by atoms with Crippen molar-refractivity contribution in [1.29, 1.82) is 0 Å². The van der Waals surface area contributed by atoms with E-state index in [2.05, 4.69) is 19.7 Å². The third-order valence-electron chi connectivity index (χ3n) is 4.64. The van der Waals surface area contributed by atoms with Crippen LogP contribution >= 0.6 is 0 Å². The quantitative estimate of drug-likeness (QED) is 0.684. The first-order valence-corrected chi connectivity index (χ1v) is 8.54. The summed E-state index contributed by atoms with van der Waals surface area (Å²) in [7, 11) is 1.30. The average Bonchev–Trinajstić information content (AvgIpc) is 3.08. The van der Waals surface area contributed by atoms with Crippen LogP contribution in [0.2, 0.25) is 0 Å². The van der Waals surface area contributed by atoms with Gasteiger partial charge in [-0.15, -0.1) is 0 Å². The highest BCUT2D eigenvalue weighted by molar-refractivity contribution is 5.86. The van der Waals surface area contributed by atoms with Gasteiger partial charge in [0.25, 0.3) is 0 Å². The predicted octanol–water partition coefficient (Wildman–Crippen LogP) is 1.08. The molecule has 3 aromatic heterocycles. The van der Waals surface area contributed by atoms with Gasteiger partial charge >= 0.3 is 5.97 Å². The first-order valence-electron chi connectivity index (χ1n) is 8.54. The molecule has 3 aromatic rings. The van der Waals surface area contributed by atoms with Gasteiger partial charge in [-0.1, -0.05) is 6.07 Å². The molecule has 4 rings (SSSR count). The number of hydrogen-bond acceptors (Lipinski definition) is 8. The van der Waals surface area contributed by atoms with Crippen LogP contribution in [-0.4, -0.2) is 51.7 Å². The number of esters is 1. The van der Waals surface area contributed by atoms with Crippen LogP contribution in [0.25, 0.3) is 5.65 Å². The van der Waals surface area contributed by atoms with Crippen LogP contribution in [0.3, 0.4) is 0 Å². The Balaban J connectivity index is 1.58. The standard InChI is InChI=1S/C18H20N6O3/c1-11-5-21-16-4-3-12(8-23(11)16)14-9-24(15(19)10-27-14)17-7-20-13(6-22-17)18(25)26-2/h3-8,14-15H,9-10,19H2,1-2H3. The lowest BCUT2D eigenvalue weighted by atomic mass is 10.1. The van der Waals surface area contributed by atoms with Crippen LogP contribution in [0, 0.1) is 6.92 Å². The number of rotatable bonds is 3. The lowest BCUT2D eigenvalue weighted by Gasteiger charge is -2.38. The molecule has 9 heteroatoms. The molecule has 1 aliphatic heterocycles. The van der Waals surface area contributed by atoms with Crippen LogP contribution in [0.15, 0.2) is 36.9 Å². The molecular weight excluding hydrogens is 348 g/mol. The number of imidazole rings is 1. The fraction of sp³-hybridized carbons (Fsp3) is 0.333. The second kappa shape index (κ2) is 6.93. The Labute approximate surface area is 155 Å². The first kappa shape index (κ1) is 17.4. The molecule has 0 aromatic carbocycles. The number of nitrogens with zero attached hydrogens (tertiary/aromatic N) is 5. The van der Waals surface area contributed by atoms with E-state index in [-0.39, 0.29) is 18.0 Å². The Morgan fingerprint density at radius 1 is 1.26 bits per heavy atom. The Bertz CT molecular complexity index is 971. The number of methoxy groups -OCH3 is 1. The molecule has 0 bridgehead atoms. The van der Waals surface area contributed by atoms with Crippen LogP contribution < -0.4 is 10.6 Å². The van der Waals surface area contributed by atoms with E-state index < -0.39 is 5.97 Å². The maximum absolute atomic E-state index is 11.5. The van der Waals surface area contributed by atoms with Gasteiger partial charge in [0.2, 0.25) is 0 Å². The van der Waals surface area contributed by atoms with E-state index in [1.807, 2.05) is 40.8 Å². The van der Waals surface area contributed by atoms with E-state index in [0.29, 0.717) is 19.0 Å². The summed E-state index contributed by atoms with van der Waals surface area (Å²) in [5.41, 5.74) is 9.33. The minimum absolute atomic E-state index is 0.153. The number of ether oxygens (including phenoxy) is 2. The average molecular weight is 368 g/mol. The van der Waals surface area contributed by atoms with E-state index >= 15 is 0 Å². The van der Waals surface area contributed by atoms with Gasteiger partial charge in [-0.2, -0.15) is 0 Å². The smallest absolute Gasteiger partial charge is 0.358 e. The molecule has 0 spiro atoms. The minimum Gasteiger partial charge on any atom is -0.464 e. The molecule has 0 aliphatic carbocycles. The third-order valence-corrected chi connectivity index (χ3v) is 4.64. The molecule has 1 saturated heterocycles. The zero-order valence-electron chi connectivity index (χ0n) is 15.1. The summed E-state index contributed by atoms with van der Waals surface area (Å²) in [6.45, 7) is 2.88. The van der Waals surface area contributed by atoms with Crippen molar-refractivity contribution in [3.63, 3.8) is 0 Å². The number of aromatic nitrogens is 4. The largest absolute Gasteiger partial charge is 0.464 e. The second-order valence-corrected chi connectivity index (χ2v) is 6.38. The summed E-state index contributed by atoms with van der Waals surface area (Å²) in [5, 5.41) is 0. The number of morpholine rings is 1. The van der Waals surface area contributed by atoms with Crippen LogP contribution in [-0.2, 0) is 9.47 Å². The van der Waals surface area contributed by atoms with Gasteiger partial charge < -0.3 is 24.5 Å². The first-order chi connectivity index (χ1) is 13.1. The normalized spacial score (nSPS) is 20.0. The molecule has 27 heavy (non-hydrogen) atoms. The maximum atomic E-state index is 11.5. The summed E-state index contributed by atoms with van der Waals surface area (Å²) < 4.78 is 12.6. The minimum atomic E-state index is -0.526. The van der Waals surface area contributed by atoms with Crippen molar-refractivity contribution in [2.24, 2.45) is 5.73 Å². The van der Waals surface area contributed by atoms with Gasteiger partial charge in [0.05, 0.1) is 32.7 Å². The molecule has 2 unspecified atom stereocenters. The summed E-state index contributed by atoms with van der Waals surface area (Å²) in [5.74, 6) is 0.0607. The topological polar surface area (TPSA) is 108 Å². The fourth-order valence-corrected chi connectivity index (χ4v) is 3.13. The number of anilines is 1. The summed E-state index contributed by atoms with van der Waals surface area (Å²) >= 11 is 0. The van der Waals surface area contributed by atoms with Crippen molar-refractivity contribution in [1.82, 2.24) is 19.4 Å². The number of fused-ring (bicyclic) bond motifs is 1. The summed E-state index contributed by atoms with van der Waals surface area (Å²) in [6, 6.07) is 3.98. The lowest BCUT2D eigenvalue weighted by molar-refractivity contribution is 0.0186. The molecule has 4 heterocycles. The molecule has 9 nitrogen and oxygen atoms in total. The Kier molecular flexibility index (Phi) is 4.46. The lowest BCUT2D eigenvalue weighted by Crippen LogP contribution is -2.52. The van der Waals surface area contributed by atoms with Gasteiger partial charge in [0, 0.05) is 18.1 Å². The molecule has 0 radical (unpaired) electrons. The summed E-state index contributed by atoms with van der Waals surface area (Å²) in [4.78, 5) is 26.2. The molecule has 140 valence electrons. The number of hydrogen-bond donors (Lipinski definition) is 1. The van der Waals surface area contributed by atoms with Crippen molar-refractivity contribution in [3.05, 3.63) is 53.9 Å². The fourth-order valence-electron chi connectivity index (χ4n) is 3.13. The zero-order chi connectivity index (χ0) is 19.0. The van der Waals surface area contributed by atoms with Crippen LogP contribution in [0.1, 0.15) is 27.8 Å². The molecule has 1 fully saturated rings. The van der Waals surface area contributed by atoms with Gasteiger partial charge in [-0.25, -0.2) is 19.7 Å². The van der Waals surface area contributed by atoms with Gasteiger partial charge in [0.15, 0.2) is 5.69 Å². The number of carbonyl (C=O) groups excluding carboxylic acids is 1. The monoisotopic (exact) mass is 368 g/mol. The highest BCUT2D eigenvalue weighted by Crippen LogP contribution is 2.27. The number of nitrogens with two attached hydrogens (primary N) is 1. The van der Waals surface area contributed by atoms with E-state index in [9.17, 15) is 4.79 Å². The number of carbonyl (C=O) groups is 1. The Morgan fingerprint density at radius 3 is 2.85 bits per heavy atom.